The van der Waals surface area contributed by atoms with Gasteiger partial charge in [-0.3, -0.25) is 9.59 Å². The molecule has 0 aliphatic rings. The van der Waals surface area contributed by atoms with E-state index in [9.17, 15) is 19.5 Å². The van der Waals surface area contributed by atoms with Crippen LogP contribution in [0.25, 0.3) is 21.8 Å². The minimum atomic E-state index is -1.11. The molecule has 1 atom stereocenters. The Balaban J connectivity index is 1.42. The summed E-state index contributed by atoms with van der Waals surface area (Å²) in [6.07, 6.45) is 2.14. The maximum Gasteiger partial charge on any atom is 0.326 e. The van der Waals surface area contributed by atoms with Crippen molar-refractivity contribution in [1.29, 1.82) is 0 Å². The smallest absolute Gasteiger partial charge is 0.326 e. The number of hydrogen-bond acceptors (Lipinski definition) is 4. The van der Waals surface area contributed by atoms with E-state index in [4.69, 9.17) is 0 Å². The molecule has 152 valence electrons. The number of aromatic amines is 2. The van der Waals surface area contributed by atoms with Gasteiger partial charge in [0.25, 0.3) is 5.56 Å². The number of fused-ring (bicyclic) bond motifs is 2. The third-order valence-electron chi connectivity index (χ3n) is 4.98. The maximum absolute atomic E-state index is 12.4. The highest BCUT2D eigenvalue weighted by Crippen LogP contribution is 2.19. The quantitative estimate of drug-likeness (QED) is 0.375. The van der Waals surface area contributed by atoms with Crippen LogP contribution >= 0.6 is 0 Å². The first-order valence-electron chi connectivity index (χ1n) is 9.56. The van der Waals surface area contributed by atoms with Crippen LogP contribution in [0, 0.1) is 0 Å². The number of rotatable bonds is 7. The summed E-state index contributed by atoms with van der Waals surface area (Å²) in [4.78, 5) is 46.3. The fraction of sp³-hybridized carbons (Fsp3) is 0.182. The predicted molar refractivity (Wildman–Crippen MR) is 112 cm³/mol. The molecule has 0 spiro atoms. The molecule has 0 aliphatic heterocycles. The van der Waals surface area contributed by atoms with Gasteiger partial charge in [0.15, 0.2) is 0 Å². The number of aromatic nitrogens is 3. The Morgan fingerprint density at radius 2 is 1.80 bits per heavy atom. The van der Waals surface area contributed by atoms with Gasteiger partial charge in [0, 0.05) is 36.4 Å². The summed E-state index contributed by atoms with van der Waals surface area (Å²) in [6.45, 7) is 0. The molecule has 2 heterocycles. The number of carboxylic acids is 1. The molecule has 0 saturated heterocycles. The van der Waals surface area contributed by atoms with Gasteiger partial charge in [-0.2, -0.15) is 0 Å². The minimum absolute atomic E-state index is 0.0128. The predicted octanol–water partition coefficient (Wildman–Crippen LogP) is 2.15. The van der Waals surface area contributed by atoms with E-state index in [2.05, 4.69) is 20.3 Å². The number of benzene rings is 2. The molecule has 0 bridgehead atoms. The summed E-state index contributed by atoms with van der Waals surface area (Å²) < 4.78 is 0. The van der Waals surface area contributed by atoms with E-state index < -0.39 is 17.9 Å². The van der Waals surface area contributed by atoms with Crippen LogP contribution in [0.3, 0.4) is 0 Å². The maximum atomic E-state index is 12.4. The molecule has 0 aliphatic carbocycles. The second-order valence-electron chi connectivity index (χ2n) is 7.05. The molecule has 4 rings (SSSR count). The number of carbonyl (C=O) groups excluding carboxylic acids is 1. The monoisotopic (exact) mass is 404 g/mol. The summed E-state index contributed by atoms with van der Waals surface area (Å²) in [6, 6.07) is 13.5. The normalized spacial score (nSPS) is 12.1. The molecule has 8 heteroatoms. The van der Waals surface area contributed by atoms with Crippen LogP contribution in [0.4, 0.5) is 0 Å². The number of amides is 1. The Morgan fingerprint density at radius 3 is 2.60 bits per heavy atom. The molecule has 1 amide bonds. The van der Waals surface area contributed by atoms with Crippen LogP contribution < -0.4 is 10.9 Å². The largest absolute Gasteiger partial charge is 0.480 e. The Labute approximate surface area is 171 Å². The van der Waals surface area contributed by atoms with Crippen LogP contribution in [0.1, 0.15) is 17.8 Å². The average Bonchev–Trinajstić information content (AvgIpc) is 3.15. The Bertz CT molecular complexity index is 1290. The molecule has 4 aromatic rings. The zero-order valence-corrected chi connectivity index (χ0v) is 16.0. The summed E-state index contributed by atoms with van der Waals surface area (Å²) in [7, 11) is 0. The Morgan fingerprint density at radius 1 is 1.07 bits per heavy atom. The van der Waals surface area contributed by atoms with Gasteiger partial charge >= 0.3 is 5.97 Å². The number of para-hydroxylation sites is 2. The van der Waals surface area contributed by atoms with Crippen LogP contribution in [-0.2, 0) is 22.4 Å². The fourth-order valence-corrected chi connectivity index (χ4v) is 3.47. The van der Waals surface area contributed by atoms with E-state index in [1.54, 1.807) is 30.5 Å². The van der Waals surface area contributed by atoms with Gasteiger partial charge in [0.2, 0.25) is 5.91 Å². The standard InChI is InChI=1S/C22H20N4O4/c27-20(10-9-19-24-17-8-4-2-6-15(17)21(28)26-19)25-18(22(29)30)11-13-12-23-16-7-3-1-5-14(13)16/h1-8,12,18,23H,9-11H2,(H,25,27)(H,29,30)(H,24,26,28)/t18-/m0/s1. The fourth-order valence-electron chi connectivity index (χ4n) is 3.47. The van der Waals surface area contributed by atoms with Gasteiger partial charge in [0.1, 0.15) is 11.9 Å². The van der Waals surface area contributed by atoms with E-state index in [0.717, 1.165) is 16.5 Å². The molecule has 0 unspecified atom stereocenters. The number of nitrogens with one attached hydrogen (secondary N) is 3. The van der Waals surface area contributed by atoms with E-state index in [-0.39, 0.29) is 24.8 Å². The zero-order valence-electron chi connectivity index (χ0n) is 16.0. The highest BCUT2D eigenvalue weighted by Gasteiger charge is 2.22. The molecule has 8 nitrogen and oxygen atoms in total. The van der Waals surface area contributed by atoms with Crippen molar-refractivity contribution in [1.82, 2.24) is 20.3 Å². The first kappa shape index (κ1) is 19.4. The summed E-state index contributed by atoms with van der Waals surface area (Å²) >= 11 is 0. The highest BCUT2D eigenvalue weighted by molar-refractivity contribution is 5.86. The first-order valence-corrected chi connectivity index (χ1v) is 9.56. The van der Waals surface area contributed by atoms with Crippen molar-refractivity contribution >= 4 is 33.7 Å². The van der Waals surface area contributed by atoms with Crippen molar-refractivity contribution in [2.45, 2.75) is 25.3 Å². The van der Waals surface area contributed by atoms with Gasteiger partial charge in [0.05, 0.1) is 10.9 Å². The number of aryl methyl sites for hydroxylation is 1. The molecule has 2 aromatic carbocycles. The van der Waals surface area contributed by atoms with Crippen LogP contribution in [-0.4, -0.2) is 38.0 Å². The van der Waals surface area contributed by atoms with Crippen molar-refractivity contribution < 1.29 is 14.7 Å². The lowest BCUT2D eigenvalue weighted by molar-refractivity contribution is -0.141. The highest BCUT2D eigenvalue weighted by atomic mass is 16.4. The van der Waals surface area contributed by atoms with Gasteiger partial charge in [-0.1, -0.05) is 30.3 Å². The van der Waals surface area contributed by atoms with Crippen LogP contribution in [0.5, 0.6) is 0 Å². The summed E-state index contributed by atoms with van der Waals surface area (Å²) in [5.41, 5.74) is 2.02. The zero-order chi connectivity index (χ0) is 21.1. The van der Waals surface area contributed by atoms with E-state index in [1.807, 2.05) is 24.3 Å². The summed E-state index contributed by atoms with van der Waals surface area (Å²) in [5.74, 6) is -1.14. The molecular formula is C22H20N4O4. The molecular weight excluding hydrogens is 384 g/mol. The van der Waals surface area contributed by atoms with Crippen molar-refractivity contribution in [3.63, 3.8) is 0 Å². The number of nitrogens with zero attached hydrogens (tertiary/aromatic N) is 1. The third kappa shape index (κ3) is 4.07. The molecule has 0 fully saturated rings. The lowest BCUT2D eigenvalue weighted by Crippen LogP contribution is -2.42. The molecule has 0 saturated carbocycles. The number of hydrogen-bond donors (Lipinski definition) is 4. The minimum Gasteiger partial charge on any atom is -0.480 e. The van der Waals surface area contributed by atoms with E-state index in [1.165, 1.54) is 0 Å². The Hall–Kier alpha value is -3.94. The van der Waals surface area contributed by atoms with Gasteiger partial charge in [-0.05, 0) is 23.8 Å². The van der Waals surface area contributed by atoms with Gasteiger partial charge in [-0.25, -0.2) is 9.78 Å². The van der Waals surface area contributed by atoms with Crippen molar-refractivity contribution in [3.8, 4) is 0 Å². The third-order valence-corrected chi connectivity index (χ3v) is 4.98. The summed E-state index contributed by atoms with van der Waals surface area (Å²) in [5, 5.41) is 13.5. The van der Waals surface area contributed by atoms with Crippen molar-refractivity contribution in [2.24, 2.45) is 0 Å². The van der Waals surface area contributed by atoms with Crippen molar-refractivity contribution in [2.75, 3.05) is 0 Å². The van der Waals surface area contributed by atoms with Crippen LogP contribution in [0.15, 0.2) is 59.5 Å². The SMILES string of the molecule is O=C(CCc1nc2ccccc2c(=O)[nH]1)N[C@@H](Cc1c[nH]c2ccccc12)C(=O)O. The number of carboxylic acid groups (broad SMARTS) is 1. The molecule has 2 aromatic heterocycles. The lowest BCUT2D eigenvalue weighted by Gasteiger charge is -2.14. The second kappa shape index (κ2) is 8.20. The van der Waals surface area contributed by atoms with Gasteiger partial charge in [-0.15, -0.1) is 0 Å². The van der Waals surface area contributed by atoms with Crippen LogP contribution in [0.2, 0.25) is 0 Å². The molecule has 0 radical (unpaired) electrons. The van der Waals surface area contributed by atoms with Crippen molar-refractivity contribution in [3.05, 3.63) is 76.5 Å². The number of H-pyrrole nitrogens is 2. The number of carbonyl (C=O) groups is 2. The topological polar surface area (TPSA) is 128 Å². The Kier molecular flexibility index (Phi) is 5.30. The molecule has 4 N–H and O–H groups in total. The number of aliphatic carboxylic acids is 1. The second-order valence-corrected chi connectivity index (χ2v) is 7.05. The molecule has 30 heavy (non-hydrogen) atoms. The van der Waals surface area contributed by atoms with E-state index >= 15 is 0 Å². The van der Waals surface area contributed by atoms with E-state index in [0.29, 0.717) is 16.7 Å². The van der Waals surface area contributed by atoms with Gasteiger partial charge < -0.3 is 20.4 Å². The first-order chi connectivity index (χ1) is 14.5. The lowest BCUT2D eigenvalue weighted by atomic mass is 10.0. The average molecular weight is 404 g/mol.